The number of aromatic nitrogens is 2. The highest BCUT2D eigenvalue weighted by Gasteiger charge is 2.31. The molecule has 170 valence electrons. The average Bonchev–Trinajstić information content (AvgIpc) is 3.19. The summed E-state index contributed by atoms with van der Waals surface area (Å²) in [7, 11) is 0. The van der Waals surface area contributed by atoms with Crippen molar-refractivity contribution in [2.24, 2.45) is 0 Å². The molecule has 0 radical (unpaired) electrons. The van der Waals surface area contributed by atoms with Crippen LogP contribution in [0.15, 0.2) is 73.2 Å². The van der Waals surface area contributed by atoms with Crippen LogP contribution >= 0.6 is 0 Å². The molecule has 0 fully saturated rings. The summed E-state index contributed by atoms with van der Waals surface area (Å²) in [5.74, 6) is 0.155. The van der Waals surface area contributed by atoms with Gasteiger partial charge in [0.25, 0.3) is 0 Å². The Kier molecular flexibility index (Phi) is 6.21. The first-order chi connectivity index (χ1) is 15.8. The van der Waals surface area contributed by atoms with E-state index in [9.17, 15) is 18.0 Å². The standard InChI is InChI=1S/C24H21F3N4O2/c1-2-33-22-7-6-17(24(25,26)27)14-20(22)30-23(32)29-19-4-3-5-21-18(19)10-13-31(21)15-16-8-11-28-12-9-16/h3-14H,2,15H2,1H3,(H2,29,30,32). The monoisotopic (exact) mass is 454 g/mol. The lowest BCUT2D eigenvalue weighted by atomic mass is 10.1. The number of pyridine rings is 1. The van der Waals surface area contributed by atoms with E-state index in [2.05, 4.69) is 15.6 Å². The lowest BCUT2D eigenvalue weighted by molar-refractivity contribution is -0.137. The Labute approximate surface area is 188 Å². The number of carbonyl (C=O) groups is 1. The third kappa shape index (κ3) is 5.08. The van der Waals surface area contributed by atoms with Crippen molar-refractivity contribution in [3.63, 3.8) is 0 Å². The summed E-state index contributed by atoms with van der Waals surface area (Å²) >= 11 is 0. The van der Waals surface area contributed by atoms with Gasteiger partial charge in [-0.15, -0.1) is 0 Å². The summed E-state index contributed by atoms with van der Waals surface area (Å²) in [5, 5.41) is 6.01. The van der Waals surface area contributed by atoms with Gasteiger partial charge in [-0.05, 0) is 61.0 Å². The molecule has 0 spiro atoms. The fraction of sp³-hybridized carbons (Fsp3) is 0.167. The molecule has 4 aromatic rings. The predicted octanol–water partition coefficient (Wildman–Crippen LogP) is 6.15. The van der Waals surface area contributed by atoms with Crippen LogP contribution in [0.4, 0.5) is 29.3 Å². The first-order valence-electron chi connectivity index (χ1n) is 10.2. The first-order valence-corrected chi connectivity index (χ1v) is 10.2. The highest BCUT2D eigenvalue weighted by Crippen LogP contribution is 2.35. The van der Waals surface area contributed by atoms with E-state index in [1.165, 1.54) is 6.07 Å². The molecule has 0 aliphatic heterocycles. The van der Waals surface area contributed by atoms with Crippen LogP contribution in [0.1, 0.15) is 18.1 Å². The number of alkyl halides is 3. The number of carbonyl (C=O) groups excluding carboxylic acids is 1. The van der Waals surface area contributed by atoms with Crippen molar-refractivity contribution in [3.8, 4) is 5.75 Å². The van der Waals surface area contributed by atoms with Crippen molar-refractivity contribution in [2.45, 2.75) is 19.6 Å². The first kappa shape index (κ1) is 22.2. The van der Waals surface area contributed by atoms with Gasteiger partial charge in [0.1, 0.15) is 5.75 Å². The van der Waals surface area contributed by atoms with Gasteiger partial charge in [0.15, 0.2) is 0 Å². The molecule has 0 atom stereocenters. The number of halogens is 3. The second-order valence-electron chi connectivity index (χ2n) is 7.26. The van der Waals surface area contributed by atoms with Crippen LogP contribution in [0.5, 0.6) is 5.75 Å². The number of ether oxygens (including phenoxy) is 1. The summed E-state index contributed by atoms with van der Waals surface area (Å²) < 4.78 is 46.8. The summed E-state index contributed by atoms with van der Waals surface area (Å²) in [6.07, 6.45) is 0.820. The average molecular weight is 454 g/mol. The molecule has 2 aromatic heterocycles. The lowest BCUT2D eigenvalue weighted by Gasteiger charge is -2.15. The van der Waals surface area contributed by atoms with E-state index in [4.69, 9.17) is 4.74 Å². The SMILES string of the molecule is CCOc1ccc(C(F)(F)F)cc1NC(=O)Nc1cccc2c1ccn2Cc1ccncc1. The molecule has 0 aliphatic carbocycles. The molecule has 0 saturated carbocycles. The number of urea groups is 1. The van der Waals surface area contributed by atoms with Crippen LogP contribution in [-0.4, -0.2) is 22.2 Å². The summed E-state index contributed by atoms with van der Waals surface area (Å²) in [6.45, 7) is 2.58. The maximum atomic E-state index is 13.1. The normalized spacial score (nSPS) is 11.4. The number of benzene rings is 2. The Morgan fingerprint density at radius 3 is 2.52 bits per heavy atom. The van der Waals surface area contributed by atoms with Crippen LogP contribution in [0, 0.1) is 0 Å². The second kappa shape index (κ2) is 9.23. The molecule has 0 unspecified atom stereocenters. The Balaban J connectivity index is 1.56. The number of nitrogens with zero attached hydrogens (tertiary/aromatic N) is 2. The van der Waals surface area contributed by atoms with Crippen molar-refractivity contribution in [3.05, 3.63) is 84.3 Å². The van der Waals surface area contributed by atoms with Gasteiger partial charge in [0.2, 0.25) is 0 Å². The van der Waals surface area contributed by atoms with E-state index < -0.39 is 17.8 Å². The van der Waals surface area contributed by atoms with Gasteiger partial charge >= 0.3 is 12.2 Å². The third-order valence-corrected chi connectivity index (χ3v) is 5.02. The van der Waals surface area contributed by atoms with Crippen molar-refractivity contribution >= 4 is 28.3 Å². The lowest BCUT2D eigenvalue weighted by Crippen LogP contribution is -2.20. The minimum absolute atomic E-state index is 0.0633. The minimum atomic E-state index is -4.54. The molecule has 2 aromatic carbocycles. The largest absolute Gasteiger partial charge is 0.492 e. The number of nitrogens with one attached hydrogen (secondary N) is 2. The highest BCUT2D eigenvalue weighted by atomic mass is 19.4. The summed E-state index contributed by atoms with van der Waals surface area (Å²) in [6, 6.07) is 13.5. The van der Waals surface area contributed by atoms with E-state index in [-0.39, 0.29) is 18.0 Å². The number of hydrogen-bond donors (Lipinski definition) is 2. The molecule has 2 N–H and O–H groups in total. The van der Waals surface area contributed by atoms with Gasteiger partial charge in [-0.1, -0.05) is 6.07 Å². The van der Waals surface area contributed by atoms with E-state index in [1.807, 2.05) is 35.0 Å². The summed E-state index contributed by atoms with van der Waals surface area (Å²) in [5.41, 5.74) is 1.57. The van der Waals surface area contributed by atoms with Crippen LogP contribution in [-0.2, 0) is 12.7 Å². The van der Waals surface area contributed by atoms with Gasteiger partial charge in [-0.3, -0.25) is 4.98 Å². The quantitative estimate of drug-likeness (QED) is 0.367. The minimum Gasteiger partial charge on any atom is -0.492 e. The van der Waals surface area contributed by atoms with E-state index in [0.29, 0.717) is 12.2 Å². The van der Waals surface area contributed by atoms with E-state index in [1.54, 1.807) is 31.5 Å². The molecule has 9 heteroatoms. The van der Waals surface area contributed by atoms with Gasteiger partial charge in [-0.25, -0.2) is 4.79 Å². The fourth-order valence-corrected chi connectivity index (χ4v) is 3.52. The van der Waals surface area contributed by atoms with Gasteiger partial charge in [0.05, 0.1) is 29.1 Å². The molecular weight excluding hydrogens is 433 g/mol. The molecule has 4 rings (SSSR count). The Hall–Kier alpha value is -4.01. The molecule has 2 heterocycles. The Bertz CT molecular complexity index is 1270. The second-order valence-corrected chi connectivity index (χ2v) is 7.26. The van der Waals surface area contributed by atoms with Crippen molar-refractivity contribution in [1.82, 2.24) is 9.55 Å². The van der Waals surface area contributed by atoms with Crippen molar-refractivity contribution < 1.29 is 22.7 Å². The number of hydrogen-bond acceptors (Lipinski definition) is 3. The van der Waals surface area contributed by atoms with Crippen molar-refractivity contribution in [2.75, 3.05) is 17.2 Å². The zero-order valence-corrected chi connectivity index (χ0v) is 17.7. The maximum absolute atomic E-state index is 13.1. The number of anilines is 2. The van der Waals surface area contributed by atoms with E-state index >= 15 is 0 Å². The van der Waals surface area contributed by atoms with Crippen molar-refractivity contribution in [1.29, 1.82) is 0 Å². The van der Waals surface area contributed by atoms with E-state index in [0.717, 1.165) is 28.6 Å². The van der Waals surface area contributed by atoms with Crippen LogP contribution < -0.4 is 15.4 Å². The number of fused-ring (bicyclic) bond motifs is 1. The van der Waals surface area contributed by atoms with Crippen LogP contribution in [0.3, 0.4) is 0 Å². The predicted molar refractivity (Wildman–Crippen MR) is 121 cm³/mol. The smallest absolute Gasteiger partial charge is 0.416 e. The maximum Gasteiger partial charge on any atom is 0.416 e. The topological polar surface area (TPSA) is 68.2 Å². The third-order valence-electron chi connectivity index (χ3n) is 5.02. The summed E-state index contributed by atoms with van der Waals surface area (Å²) in [4.78, 5) is 16.7. The van der Waals surface area contributed by atoms with Gasteiger partial charge < -0.3 is 19.9 Å². The zero-order chi connectivity index (χ0) is 23.4. The molecule has 0 saturated heterocycles. The van der Waals surface area contributed by atoms with Crippen LogP contribution in [0.2, 0.25) is 0 Å². The number of rotatable bonds is 6. The highest BCUT2D eigenvalue weighted by molar-refractivity contribution is 6.06. The van der Waals surface area contributed by atoms with Gasteiger partial charge in [-0.2, -0.15) is 13.2 Å². The fourth-order valence-electron chi connectivity index (χ4n) is 3.52. The van der Waals surface area contributed by atoms with Crippen LogP contribution in [0.25, 0.3) is 10.9 Å². The molecule has 33 heavy (non-hydrogen) atoms. The Morgan fingerprint density at radius 1 is 1.03 bits per heavy atom. The Morgan fingerprint density at radius 2 is 1.79 bits per heavy atom. The molecular formula is C24H21F3N4O2. The number of amides is 2. The van der Waals surface area contributed by atoms with Gasteiger partial charge in [0, 0.05) is 30.5 Å². The molecule has 6 nitrogen and oxygen atoms in total. The molecule has 0 aliphatic rings. The molecule has 2 amide bonds. The molecule has 0 bridgehead atoms. The zero-order valence-electron chi connectivity index (χ0n) is 17.7.